The topological polar surface area (TPSA) is 79.4 Å². The van der Waals surface area contributed by atoms with Gasteiger partial charge < -0.3 is 9.94 Å². The van der Waals surface area contributed by atoms with Gasteiger partial charge in [-0.15, -0.1) is 0 Å². The summed E-state index contributed by atoms with van der Waals surface area (Å²) in [6.07, 6.45) is -1.12. The standard InChI is InChI=1S/C25H22ClF3N4O3S/c26-18-5-3-16(20(13-18)25(27,28)29)12-19(15-4-6-21-17(11-15)14-30-31-21)22-23(34)33(24(35)37-22)36-10-9-32-7-1-2-8-32/h3-6,11,13-14,34H,1-2,7-10,12H2. The van der Waals surface area contributed by atoms with Crippen molar-refractivity contribution in [2.24, 2.45) is 10.2 Å². The van der Waals surface area contributed by atoms with E-state index in [-0.39, 0.29) is 28.5 Å². The van der Waals surface area contributed by atoms with Crippen molar-refractivity contribution in [2.45, 2.75) is 25.4 Å². The van der Waals surface area contributed by atoms with Gasteiger partial charge in [0.05, 0.1) is 22.0 Å². The van der Waals surface area contributed by atoms with Crippen molar-refractivity contribution in [1.82, 2.24) is 9.63 Å². The van der Waals surface area contributed by atoms with Crippen LogP contribution in [-0.2, 0) is 12.6 Å². The maximum atomic E-state index is 13.9. The quantitative estimate of drug-likeness (QED) is 0.490. The lowest BCUT2D eigenvalue weighted by atomic mass is 9.96. The zero-order valence-corrected chi connectivity index (χ0v) is 21.0. The molecular formula is C25H22ClF3N4O3S. The van der Waals surface area contributed by atoms with Crippen LogP contribution >= 0.6 is 22.9 Å². The van der Waals surface area contributed by atoms with E-state index in [4.69, 9.17) is 16.4 Å². The summed E-state index contributed by atoms with van der Waals surface area (Å²) in [5, 5.41) is 20.0. The molecule has 0 unspecified atom stereocenters. The molecule has 1 N–H and O–H groups in total. The molecule has 194 valence electrons. The first kappa shape index (κ1) is 25.5. The van der Waals surface area contributed by atoms with Gasteiger partial charge in [-0.25, -0.2) is 0 Å². The SMILES string of the molecule is O=c1sc(C(Cc2ccc(Cl)cc2C(F)(F)F)=c2ccc3c(c2)C=NN=3)c(O)n1OCCN1CCCC1. The highest BCUT2D eigenvalue weighted by Gasteiger charge is 2.34. The molecule has 0 aliphatic carbocycles. The largest absolute Gasteiger partial charge is 0.491 e. The van der Waals surface area contributed by atoms with Gasteiger partial charge in [-0.3, -0.25) is 9.69 Å². The molecule has 0 amide bonds. The zero-order chi connectivity index (χ0) is 26.2. The Balaban J connectivity index is 1.58. The number of hydrogen-bond acceptors (Lipinski definition) is 7. The summed E-state index contributed by atoms with van der Waals surface area (Å²) >= 11 is 6.58. The Morgan fingerprint density at radius 2 is 1.95 bits per heavy atom. The van der Waals surface area contributed by atoms with E-state index < -0.39 is 22.5 Å². The Morgan fingerprint density at radius 1 is 1.16 bits per heavy atom. The van der Waals surface area contributed by atoms with E-state index in [1.54, 1.807) is 18.2 Å². The zero-order valence-electron chi connectivity index (χ0n) is 19.5. The van der Waals surface area contributed by atoms with Crippen LogP contribution in [0.5, 0.6) is 5.88 Å². The van der Waals surface area contributed by atoms with Gasteiger partial charge >= 0.3 is 11.0 Å². The minimum atomic E-state index is -4.64. The monoisotopic (exact) mass is 550 g/mol. The Labute approximate surface area is 218 Å². The average molecular weight is 551 g/mol. The maximum absolute atomic E-state index is 13.9. The van der Waals surface area contributed by atoms with E-state index in [1.807, 2.05) is 0 Å². The minimum absolute atomic E-state index is 0.0435. The van der Waals surface area contributed by atoms with Gasteiger partial charge in [0.2, 0.25) is 5.88 Å². The van der Waals surface area contributed by atoms with Crippen LogP contribution in [0, 0.1) is 0 Å². The van der Waals surface area contributed by atoms with Crippen molar-refractivity contribution in [3.8, 4) is 5.88 Å². The summed E-state index contributed by atoms with van der Waals surface area (Å²) in [6.45, 7) is 2.69. The number of hydrogen-bond donors (Lipinski definition) is 1. The van der Waals surface area contributed by atoms with Crippen LogP contribution in [0.3, 0.4) is 0 Å². The average Bonchev–Trinajstić information content (AvgIpc) is 3.60. The second-order valence-electron chi connectivity index (χ2n) is 8.77. The van der Waals surface area contributed by atoms with Crippen LogP contribution in [-0.4, -0.2) is 47.2 Å². The summed E-state index contributed by atoms with van der Waals surface area (Å²) in [7, 11) is 0. The van der Waals surface area contributed by atoms with Crippen LogP contribution < -0.4 is 20.3 Å². The molecule has 37 heavy (non-hydrogen) atoms. The van der Waals surface area contributed by atoms with E-state index in [0.717, 1.165) is 36.7 Å². The third-order valence-corrected chi connectivity index (χ3v) is 7.54. The number of likely N-dealkylation sites (tertiary alicyclic amines) is 1. The second kappa shape index (κ2) is 10.3. The fourth-order valence-electron chi connectivity index (χ4n) is 4.49. The number of alkyl halides is 3. The Morgan fingerprint density at radius 3 is 2.70 bits per heavy atom. The molecule has 1 fully saturated rings. The van der Waals surface area contributed by atoms with Gasteiger partial charge in [-0.05, 0) is 66.6 Å². The number of thiazole rings is 1. The summed E-state index contributed by atoms with van der Waals surface area (Å²) in [5.74, 6) is -0.451. The Kier molecular flexibility index (Phi) is 7.11. The van der Waals surface area contributed by atoms with Crippen molar-refractivity contribution >= 4 is 34.7 Å². The minimum Gasteiger partial charge on any atom is -0.491 e. The lowest BCUT2D eigenvalue weighted by Crippen LogP contribution is -2.30. The summed E-state index contributed by atoms with van der Waals surface area (Å²) in [5.41, 5.74) is 0.0727. The number of nitrogens with zero attached hydrogens (tertiary/aromatic N) is 4. The highest BCUT2D eigenvalue weighted by atomic mass is 35.5. The highest BCUT2D eigenvalue weighted by Crippen LogP contribution is 2.37. The maximum Gasteiger partial charge on any atom is 0.416 e. The first-order valence-corrected chi connectivity index (χ1v) is 12.8. The van der Waals surface area contributed by atoms with Gasteiger partial charge in [0.1, 0.15) is 6.61 Å². The molecule has 0 bridgehead atoms. The lowest BCUT2D eigenvalue weighted by Gasteiger charge is -2.16. The van der Waals surface area contributed by atoms with Crippen molar-refractivity contribution in [3.63, 3.8) is 0 Å². The summed E-state index contributed by atoms with van der Waals surface area (Å²) in [4.78, 5) is 20.1. The normalized spacial score (nSPS) is 16.1. The number of halogens is 4. The third-order valence-electron chi connectivity index (χ3n) is 6.33. The van der Waals surface area contributed by atoms with Gasteiger partial charge in [0.15, 0.2) is 0 Å². The highest BCUT2D eigenvalue weighted by molar-refractivity contribution is 7.10. The van der Waals surface area contributed by atoms with Crippen LogP contribution in [0.25, 0.3) is 5.57 Å². The fraction of sp³-hybridized carbons (Fsp3) is 0.320. The number of benzene rings is 2. The molecule has 5 rings (SSSR count). The molecule has 0 saturated carbocycles. The summed E-state index contributed by atoms with van der Waals surface area (Å²) < 4.78 is 42.4. The summed E-state index contributed by atoms with van der Waals surface area (Å²) in [6, 6.07) is 8.64. The third kappa shape index (κ3) is 5.43. The molecule has 0 spiro atoms. The van der Waals surface area contributed by atoms with Gasteiger partial charge in [0, 0.05) is 23.6 Å². The second-order valence-corrected chi connectivity index (χ2v) is 10.2. The molecule has 1 saturated heterocycles. The van der Waals surface area contributed by atoms with Gasteiger partial charge in [-0.1, -0.05) is 39.8 Å². The first-order valence-electron chi connectivity index (χ1n) is 11.6. The smallest absolute Gasteiger partial charge is 0.416 e. The van der Waals surface area contributed by atoms with Crippen molar-refractivity contribution in [1.29, 1.82) is 0 Å². The lowest BCUT2D eigenvalue weighted by molar-refractivity contribution is -0.138. The Hall–Kier alpha value is -3.15. The number of rotatable bonds is 7. The van der Waals surface area contributed by atoms with Crippen LogP contribution in [0.1, 0.15) is 34.4 Å². The van der Waals surface area contributed by atoms with E-state index in [9.17, 15) is 23.1 Å². The molecule has 2 aliphatic heterocycles. The number of fused-ring (bicyclic) bond motifs is 1. The molecule has 0 atom stereocenters. The molecule has 2 aromatic carbocycles. The number of aromatic nitrogens is 1. The molecule has 3 heterocycles. The van der Waals surface area contributed by atoms with Crippen LogP contribution in [0.4, 0.5) is 13.2 Å². The molecule has 2 aliphatic rings. The predicted octanol–water partition coefficient (Wildman–Crippen LogP) is 3.22. The fourth-order valence-corrected chi connectivity index (χ4v) is 5.55. The molecular weight excluding hydrogens is 529 g/mol. The van der Waals surface area contributed by atoms with E-state index in [2.05, 4.69) is 15.1 Å². The van der Waals surface area contributed by atoms with E-state index in [0.29, 0.717) is 39.6 Å². The molecule has 3 aromatic rings. The van der Waals surface area contributed by atoms with Crippen LogP contribution in [0.2, 0.25) is 5.02 Å². The van der Waals surface area contributed by atoms with Gasteiger partial charge in [0.25, 0.3) is 0 Å². The molecule has 1 aromatic heterocycles. The first-order chi connectivity index (χ1) is 17.7. The molecule has 7 nitrogen and oxygen atoms in total. The molecule has 0 radical (unpaired) electrons. The van der Waals surface area contributed by atoms with E-state index in [1.165, 1.54) is 18.3 Å². The van der Waals surface area contributed by atoms with Crippen LogP contribution in [0.15, 0.2) is 51.4 Å². The van der Waals surface area contributed by atoms with Crippen molar-refractivity contribution in [3.05, 3.63) is 83.2 Å². The van der Waals surface area contributed by atoms with Crippen molar-refractivity contribution in [2.75, 3.05) is 26.2 Å². The van der Waals surface area contributed by atoms with E-state index >= 15 is 0 Å². The molecule has 12 heteroatoms. The number of aromatic hydroxyl groups is 1. The predicted molar refractivity (Wildman–Crippen MR) is 135 cm³/mol. The van der Waals surface area contributed by atoms with Crippen molar-refractivity contribution < 1.29 is 23.1 Å². The van der Waals surface area contributed by atoms with Gasteiger partial charge in [-0.2, -0.15) is 23.4 Å². The Bertz CT molecular complexity index is 1540.